The minimum atomic E-state index is -0.0839. The number of imidazole rings is 1. The van der Waals surface area contributed by atoms with E-state index in [9.17, 15) is 4.79 Å². The van der Waals surface area contributed by atoms with Crippen LogP contribution in [0.3, 0.4) is 0 Å². The molecule has 1 fully saturated rings. The van der Waals surface area contributed by atoms with E-state index in [1.807, 2.05) is 53.4 Å². The van der Waals surface area contributed by atoms with Crippen molar-refractivity contribution in [3.05, 3.63) is 48.5 Å². The normalized spacial score (nSPS) is 14.5. The number of amides is 2. The zero-order valence-corrected chi connectivity index (χ0v) is 14.6. The van der Waals surface area contributed by atoms with E-state index < -0.39 is 0 Å². The van der Waals surface area contributed by atoms with Crippen LogP contribution in [-0.2, 0) is 0 Å². The van der Waals surface area contributed by atoms with E-state index in [1.165, 1.54) is 0 Å². The molecule has 4 rings (SSSR count). The van der Waals surface area contributed by atoms with E-state index in [4.69, 9.17) is 4.74 Å². The van der Waals surface area contributed by atoms with Crippen LogP contribution in [0.25, 0.3) is 11.0 Å². The number of aromatic amines is 1. The fourth-order valence-electron chi connectivity index (χ4n) is 3.09. The van der Waals surface area contributed by atoms with E-state index in [1.54, 1.807) is 7.11 Å². The zero-order chi connectivity index (χ0) is 17.9. The second-order valence-electron chi connectivity index (χ2n) is 6.21. The Balaban J connectivity index is 1.35. The lowest BCUT2D eigenvalue weighted by Gasteiger charge is -2.34. The van der Waals surface area contributed by atoms with Gasteiger partial charge in [-0.1, -0.05) is 12.1 Å². The molecule has 26 heavy (non-hydrogen) atoms. The third kappa shape index (κ3) is 3.28. The van der Waals surface area contributed by atoms with E-state index >= 15 is 0 Å². The van der Waals surface area contributed by atoms with Gasteiger partial charge < -0.3 is 24.8 Å². The molecule has 2 heterocycles. The number of methoxy groups -OCH3 is 1. The molecule has 2 aromatic carbocycles. The number of aromatic nitrogens is 2. The van der Waals surface area contributed by atoms with Gasteiger partial charge in [-0.25, -0.2) is 9.78 Å². The highest BCUT2D eigenvalue weighted by Gasteiger charge is 2.23. The number of ether oxygens (including phenoxy) is 1. The third-order valence-electron chi connectivity index (χ3n) is 4.58. The number of anilines is 2. The minimum absolute atomic E-state index is 0.0839. The van der Waals surface area contributed by atoms with Crippen molar-refractivity contribution in [2.75, 3.05) is 43.5 Å². The highest BCUT2D eigenvalue weighted by molar-refractivity contribution is 5.89. The molecule has 0 atom stereocenters. The average molecular weight is 351 g/mol. The van der Waals surface area contributed by atoms with Crippen LogP contribution in [0.1, 0.15) is 0 Å². The summed E-state index contributed by atoms with van der Waals surface area (Å²) in [7, 11) is 1.62. The van der Waals surface area contributed by atoms with Gasteiger partial charge in [0.05, 0.1) is 18.1 Å². The van der Waals surface area contributed by atoms with Gasteiger partial charge in [-0.2, -0.15) is 0 Å². The summed E-state index contributed by atoms with van der Waals surface area (Å²) in [6.45, 7) is 2.80. The molecule has 0 bridgehead atoms. The van der Waals surface area contributed by atoms with E-state index in [0.29, 0.717) is 13.1 Å². The highest BCUT2D eigenvalue weighted by atomic mass is 16.5. The molecule has 3 aromatic rings. The first-order chi connectivity index (χ1) is 12.7. The number of rotatable bonds is 3. The summed E-state index contributed by atoms with van der Waals surface area (Å²) in [6.07, 6.45) is 0. The smallest absolute Gasteiger partial charge is 0.321 e. The second-order valence-corrected chi connectivity index (χ2v) is 6.21. The van der Waals surface area contributed by atoms with Crippen LogP contribution in [0, 0.1) is 0 Å². The van der Waals surface area contributed by atoms with Crippen molar-refractivity contribution in [2.45, 2.75) is 0 Å². The van der Waals surface area contributed by atoms with Crippen LogP contribution in [0.15, 0.2) is 48.5 Å². The first-order valence-electron chi connectivity index (χ1n) is 8.62. The van der Waals surface area contributed by atoms with Crippen LogP contribution < -0.4 is 15.0 Å². The molecule has 0 radical (unpaired) electrons. The molecule has 0 saturated carbocycles. The number of urea groups is 1. The van der Waals surface area contributed by atoms with Crippen LogP contribution in [0.5, 0.6) is 5.75 Å². The fourth-order valence-corrected chi connectivity index (χ4v) is 3.09. The Bertz CT molecular complexity index is 865. The number of fused-ring (bicyclic) bond motifs is 1. The first kappa shape index (κ1) is 16.3. The minimum Gasteiger partial charge on any atom is -0.497 e. The van der Waals surface area contributed by atoms with E-state index in [0.717, 1.165) is 41.5 Å². The molecular formula is C19H21N5O2. The molecule has 2 N–H and O–H groups in total. The van der Waals surface area contributed by atoms with Crippen LogP contribution in [0.2, 0.25) is 0 Å². The number of benzene rings is 2. The molecule has 1 aliphatic heterocycles. The van der Waals surface area contributed by atoms with Crippen molar-refractivity contribution in [2.24, 2.45) is 0 Å². The molecule has 0 unspecified atom stereocenters. The van der Waals surface area contributed by atoms with Gasteiger partial charge in [0.15, 0.2) is 0 Å². The van der Waals surface area contributed by atoms with Gasteiger partial charge in [0.1, 0.15) is 5.75 Å². The number of H-pyrrole nitrogens is 1. The van der Waals surface area contributed by atoms with Gasteiger partial charge in [-0.15, -0.1) is 0 Å². The Hall–Kier alpha value is -3.22. The average Bonchev–Trinajstić information content (AvgIpc) is 3.13. The highest BCUT2D eigenvalue weighted by Crippen LogP contribution is 2.19. The number of nitrogens with zero attached hydrogens (tertiary/aromatic N) is 3. The molecule has 134 valence electrons. The van der Waals surface area contributed by atoms with Crippen molar-refractivity contribution in [3.63, 3.8) is 0 Å². The Morgan fingerprint density at radius 2 is 1.81 bits per heavy atom. The Morgan fingerprint density at radius 3 is 2.50 bits per heavy atom. The van der Waals surface area contributed by atoms with E-state index in [-0.39, 0.29) is 6.03 Å². The number of hydrogen-bond donors (Lipinski definition) is 2. The second kappa shape index (κ2) is 6.95. The van der Waals surface area contributed by atoms with Crippen molar-refractivity contribution in [3.8, 4) is 5.75 Å². The van der Waals surface area contributed by atoms with Crippen LogP contribution >= 0.6 is 0 Å². The fraction of sp³-hybridized carbons (Fsp3) is 0.263. The third-order valence-corrected chi connectivity index (χ3v) is 4.58. The van der Waals surface area contributed by atoms with Gasteiger partial charge >= 0.3 is 6.03 Å². The lowest BCUT2D eigenvalue weighted by molar-refractivity contribution is 0.208. The van der Waals surface area contributed by atoms with Crippen LogP contribution in [0.4, 0.5) is 16.4 Å². The molecular weight excluding hydrogens is 330 g/mol. The maximum absolute atomic E-state index is 12.4. The number of carbonyl (C=O) groups is 1. The summed E-state index contributed by atoms with van der Waals surface area (Å²) in [4.78, 5) is 24.4. The lowest BCUT2D eigenvalue weighted by atomic mass is 10.3. The summed E-state index contributed by atoms with van der Waals surface area (Å²) in [6, 6.07) is 15.2. The molecule has 7 heteroatoms. The number of nitrogens with one attached hydrogen (secondary N) is 2. The molecule has 0 aliphatic carbocycles. The lowest BCUT2D eigenvalue weighted by Crippen LogP contribution is -2.50. The molecule has 1 aromatic heterocycles. The zero-order valence-electron chi connectivity index (χ0n) is 14.6. The van der Waals surface area contributed by atoms with Crippen molar-refractivity contribution < 1.29 is 9.53 Å². The molecule has 1 saturated heterocycles. The summed E-state index contributed by atoms with van der Waals surface area (Å²) in [5.74, 6) is 1.63. The molecule has 2 amide bonds. The molecule has 1 aliphatic rings. The van der Waals surface area contributed by atoms with Crippen molar-refractivity contribution in [1.82, 2.24) is 14.9 Å². The predicted molar refractivity (Wildman–Crippen MR) is 102 cm³/mol. The monoisotopic (exact) mass is 351 g/mol. The number of piperazine rings is 1. The largest absolute Gasteiger partial charge is 0.497 e. The summed E-state index contributed by atoms with van der Waals surface area (Å²) < 4.78 is 5.13. The Kier molecular flexibility index (Phi) is 4.35. The summed E-state index contributed by atoms with van der Waals surface area (Å²) >= 11 is 0. The van der Waals surface area contributed by atoms with Gasteiger partial charge in [0.2, 0.25) is 5.95 Å². The number of carbonyl (C=O) groups excluding carboxylic acids is 1. The van der Waals surface area contributed by atoms with Gasteiger partial charge in [0, 0.05) is 31.9 Å². The Labute approximate surface area is 151 Å². The maximum Gasteiger partial charge on any atom is 0.321 e. The number of hydrogen-bond acceptors (Lipinski definition) is 4. The molecule has 7 nitrogen and oxygen atoms in total. The van der Waals surface area contributed by atoms with Gasteiger partial charge in [0.25, 0.3) is 0 Å². The predicted octanol–water partition coefficient (Wildman–Crippen LogP) is 2.93. The Morgan fingerprint density at radius 1 is 1.08 bits per heavy atom. The summed E-state index contributed by atoms with van der Waals surface area (Å²) in [5.41, 5.74) is 2.75. The van der Waals surface area contributed by atoms with Crippen molar-refractivity contribution >= 4 is 28.7 Å². The van der Waals surface area contributed by atoms with Gasteiger partial charge in [-0.3, -0.25) is 0 Å². The number of para-hydroxylation sites is 2. The quantitative estimate of drug-likeness (QED) is 0.761. The first-order valence-corrected chi connectivity index (χ1v) is 8.62. The molecule has 0 spiro atoms. The standard InChI is InChI=1S/C19H21N5O2/c1-26-15-8-6-14(7-9-15)20-19(25)24-12-10-23(11-13-24)18-21-16-4-2-3-5-17(16)22-18/h2-9H,10-13H2,1H3,(H,20,25)(H,21,22). The van der Waals surface area contributed by atoms with E-state index in [2.05, 4.69) is 20.2 Å². The van der Waals surface area contributed by atoms with Crippen molar-refractivity contribution in [1.29, 1.82) is 0 Å². The van der Waals surface area contributed by atoms with Gasteiger partial charge in [-0.05, 0) is 36.4 Å². The van der Waals surface area contributed by atoms with Crippen LogP contribution in [-0.4, -0.2) is 54.2 Å². The SMILES string of the molecule is COc1ccc(NC(=O)N2CCN(c3nc4ccccc4[nH]3)CC2)cc1. The summed E-state index contributed by atoms with van der Waals surface area (Å²) in [5, 5.41) is 2.93. The topological polar surface area (TPSA) is 73.5 Å². The maximum atomic E-state index is 12.4.